The highest BCUT2D eigenvalue weighted by Crippen LogP contribution is 2.20. The molecule has 0 atom stereocenters. The molecule has 2 aliphatic heterocycles. The van der Waals surface area contributed by atoms with Crippen LogP contribution in [0, 0.1) is 0 Å². The summed E-state index contributed by atoms with van der Waals surface area (Å²) in [5.74, 6) is 0.551. The molecule has 7 nitrogen and oxygen atoms in total. The fourth-order valence-electron chi connectivity index (χ4n) is 3.70. The van der Waals surface area contributed by atoms with E-state index in [1.165, 1.54) is 0 Å². The highest BCUT2D eigenvalue weighted by atomic mass is 35.5. The molecule has 0 aliphatic carbocycles. The van der Waals surface area contributed by atoms with Gasteiger partial charge in [-0.1, -0.05) is 11.6 Å². The minimum atomic E-state index is -0.0787. The van der Waals surface area contributed by atoms with Crippen LogP contribution in [0.25, 0.3) is 0 Å². The third-order valence-electron chi connectivity index (χ3n) is 5.31. The number of hydrogen-bond donors (Lipinski definition) is 0. The Morgan fingerprint density at radius 2 is 1.71 bits per heavy atom. The van der Waals surface area contributed by atoms with E-state index in [4.69, 9.17) is 16.3 Å². The molecule has 0 spiro atoms. The lowest BCUT2D eigenvalue weighted by Crippen LogP contribution is -2.51. The second-order valence-corrected chi connectivity index (χ2v) is 7.54. The standard InChI is InChI=1S/C20H23ClN4O3/c21-15-4-6-16(7-5-15)28-14-19(26)23-9-11-24(12-10-23)20(27)17-13-22-25-8-2-1-3-18(17)25/h4-7,13H,1-3,8-12,14H2. The number of aryl methyl sites for hydroxylation is 1. The third-order valence-corrected chi connectivity index (χ3v) is 5.56. The second kappa shape index (κ2) is 8.22. The van der Waals surface area contributed by atoms with Crippen molar-refractivity contribution in [2.24, 2.45) is 0 Å². The number of hydrogen-bond acceptors (Lipinski definition) is 4. The van der Waals surface area contributed by atoms with Crippen LogP contribution in [-0.4, -0.2) is 64.2 Å². The SMILES string of the molecule is O=C(COc1ccc(Cl)cc1)N1CCN(C(=O)c2cnn3c2CCCC3)CC1. The van der Waals surface area contributed by atoms with Crippen molar-refractivity contribution in [1.82, 2.24) is 19.6 Å². The van der Waals surface area contributed by atoms with Crippen LogP contribution in [0.3, 0.4) is 0 Å². The number of benzene rings is 1. The van der Waals surface area contributed by atoms with Gasteiger partial charge >= 0.3 is 0 Å². The lowest BCUT2D eigenvalue weighted by Gasteiger charge is -2.34. The molecule has 2 amide bonds. The molecule has 8 heteroatoms. The molecule has 0 saturated carbocycles. The van der Waals surface area contributed by atoms with Crippen molar-refractivity contribution in [2.75, 3.05) is 32.8 Å². The molecule has 0 N–H and O–H groups in total. The van der Waals surface area contributed by atoms with E-state index in [-0.39, 0.29) is 18.4 Å². The second-order valence-electron chi connectivity index (χ2n) is 7.10. The summed E-state index contributed by atoms with van der Waals surface area (Å²) in [6.45, 7) is 2.94. The van der Waals surface area contributed by atoms with E-state index in [1.54, 1.807) is 35.4 Å². The molecule has 1 saturated heterocycles. The van der Waals surface area contributed by atoms with E-state index < -0.39 is 0 Å². The number of fused-ring (bicyclic) bond motifs is 1. The van der Waals surface area contributed by atoms with Gasteiger partial charge in [0.1, 0.15) is 5.75 Å². The maximum atomic E-state index is 12.9. The number of ether oxygens (including phenoxy) is 1. The Bertz CT molecular complexity index is 857. The van der Waals surface area contributed by atoms with Crippen molar-refractivity contribution in [1.29, 1.82) is 0 Å². The summed E-state index contributed by atoms with van der Waals surface area (Å²) in [5.41, 5.74) is 1.76. The van der Waals surface area contributed by atoms with Crippen LogP contribution in [-0.2, 0) is 17.8 Å². The van der Waals surface area contributed by atoms with Crippen LogP contribution in [0.4, 0.5) is 0 Å². The molecule has 2 aliphatic rings. The van der Waals surface area contributed by atoms with Gasteiger partial charge in [-0.3, -0.25) is 14.3 Å². The average Bonchev–Trinajstić information content (AvgIpc) is 3.17. The Labute approximate surface area is 168 Å². The number of carbonyl (C=O) groups excluding carboxylic acids is 2. The number of piperazine rings is 1. The summed E-state index contributed by atoms with van der Waals surface area (Å²) in [4.78, 5) is 28.8. The molecule has 2 aromatic rings. The number of nitrogens with zero attached hydrogens (tertiary/aromatic N) is 4. The lowest BCUT2D eigenvalue weighted by molar-refractivity contribution is -0.134. The average molecular weight is 403 g/mol. The van der Waals surface area contributed by atoms with E-state index >= 15 is 0 Å². The predicted molar refractivity (Wildman–Crippen MR) is 105 cm³/mol. The van der Waals surface area contributed by atoms with Gasteiger partial charge in [-0.15, -0.1) is 0 Å². The first-order valence-electron chi connectivity index (χ1n) is 9.62. The first kappa shape index (κ1) is 18.8. The first-order chi connectivity index (χ1) is 13.6. The van der Waals surface area contributed by atoms with E-state index in [1.807, 2.05) is 9.58 Å². The summed E-state index contributed by atoms with van der Waals surface area (Å²) in [6.07, 6.45) is 4.81. The van der Waals surface area contributed by atoms with Crippen LogP contribution in [0.15, 0.2) is 30.5 Å². The Hall–Kier alpha value is -2.54. The van der Waals surface area contributed by atoms with Gasteiger partial charge in [0, 0.05) is 37.7 Å². The highest BCUT2D eigenvalue weighted by molar-refractivity contribution is 6.30. The van der Waals surface area contributed by atoms with Gasteiger partial charge in [0.2, 0.25) is 0 Å². The maximum Gasteiger partial charge on any atom is 0.260 e. The first-order valence-corrected chi connectivity index (χ1v) is 10.00. The van der Waals surface area contributed by atoms with Gasteiger partial charge in [0.25, 0.3) is 11.8 Å². The van der Waals surface area contributed by atoms with E-state index in [2.05, 4.69) is 5.10 Å². The van der Waals surface area contributed by atoms with Gasteiger partial charge in [-0.05, 0) is 43.5 Å². The molecule has 148 valence electrons. The zero-order valence-electron chi connectivity index (χ0n) is 15.6. The molecular formula is C20H23ClN4O3. The Kier molecular flexibility index (Phi) is 5.52. The van der Waals surface area contributed by atoms with Crippen molar-refractivity contribution in [2.45, 2.75) is 25.8 Å². The summed E-state index contributed by atoms with van der Waals surface area (Å²) < 4.78 is 7.48. The van der Waals surface area contributed by atoms with E-state index in [0.717, 1.165) is 31.5 Å². The predicted octanol–water partition coefficient (Wildman–Crippen LogP) is 2.24. The van der Waals surface area contributed by atoms with Gasteiger partial charge in [-0.25, -0.2) is 0 Å². The zero-order valence-corrected chi connectivity index (χ0v) is 16.4. The maximum absolute atomic E-state index is 12.9. The highest BCUT2D eigenvalue weighted by Gasteiger charge is 2.28. The zero-order chi connectivity index (χ0) is 19.5. The van der Waals surface area contributed by atoms with Crippen molar-refractivity contribution in [3.05, 3.63) is 46.7 Å². The minimum Gasteiger partial charge on any atom is -0.484 e. The third kappa shape index (κ3) is 3.99. The monoisotopic (exact) mass is 402 g/mol. The summed E-state index contributed by atoms with van der Waals surface area (Å²) >= 11 is 5.84. The van der Waals surface area contributed by atoms with Gasteiger partial charge in [-0.2, -0.15) is 5.10 Å². The quantitative estimate of drug-likeness (QED) is 0.786. The van der Waals surface area contributed by atoms with Crippen LogP contribution < -0.4 is 4.74 Å². The molecule has 0 bridgehead atoms. The lowest BCUT2D eigenvalue weighted by atomic mass is 10.1. The fourth-order valence-corrected chi connectivity index (χ4v) is 3.82. The molecule has 0 radical (unpaired) electrons. The molecular weight excluding hydrogens is 380 g/mol. The number of amides is 2. The van der Waals surface area contributed by atoms with Crippen molar-refractivity contribution in [3.63, 3.8) is 0 Å². The molecule has 0 unspecified atom stereocenters. The fraction of sp³-hybridized carbons (Fsp3) is 0.450. The molecule has 4 rings (SSSR count). The van der Waals surface area contributed by atoms with Gasteiger partial charge < -0.3 is 14.5 Å². The topological polar surface area (TPSA) is 67.7 Å². The molecule has 1 aromatic carbocycles. The van der Waals surface area contributed by atoms with Crippen molar-refractivity contribution >= 4 is 23.4 Å². The molecule has 1 aromatic heterocycles. The van der Waals surface area contributed by atoms with Gasteiger partial charge in [0.15, 0.2) is 6.61 Å². The Morgan fingerprint density at radius 1 is 1.00 bits per heavy atom. The molecule has 28 heavy (non-hydrogen) atoms. The van der Waals surface area contributed by atoms with E-state index in [9.17, 15) is 9.59 Å². The minimum absolute atomic E-state index is 0.0210. The van der Waals surface area contributed by atoms with Crippen LogP contribution >= 0.6 is 11.6 Å². The summed E-state index contributed by atoms with van der Waals surface area (Å²) in [6, 6.07) is 6.92. The number of aromatic nitrogens is 2. The molecule has 1 fully saturated rings. The normalized spacial score (nSPS) is 16.6. The smallest absolute Gasteiger partial charge is 0.260 e. The van der Waals surface area contributed by atoms with Crippen LogP contribution in [0.2, 0.25) is 5.02 Å². The van der Waals surface area contributed by atoms with Crippen LogP contribution in [0.5, 0.6) is 5.75 Å². The van der Waals surface area contributed by atoms with Crippen LogP contribution in [0.1, 0.15) is 28.9 Å². The number of carbonyl (C=O) groups is 2. The number of rotatable bonds is 4. The van der Waals surface area contributed by atoms with Crippen molar-refractivity contribution in [3.8, 4) is 5.75 Å². The summed E-state index contributed by atoms with van der Waals surface area (Å²) in [7, 11) is 0. The summed E-state index contributed by atoms with van der Waals surface area (Å²) in [5, 5.41) is 4.98. The van der Waals surface area contributed by atoms with Gasteiger partial charge in [0.05, 0.1) is 17.5 Å². The molecule has 3 heterocycles. The van der Waals surface area contributed by atoms with E-state index in [0.29, 0.717) is 42.5 Å². The Morgan fingerprint density at radius 3 is 2.46 bits per heavy atom. The van der Waals surface area contributed by atoms with Crippen molar-refractivity contribution < 1.29 is 14.3 Å². The largest absolute Gasteiger partial charge is 0.484 e. The number of halogens is 1. The Balaban J connectivity index is 1.29.